The number of aromatic hydroxyl groups is 1. The lowest BCUT2D eigenvalue weighted by molar-refractivity contribution is 0.0693. The Kier molecular flexibility index (Phi) is 2.31. The second kappa shape index (κ2) is 3.85. The number of nitrogens with zero attached hydrogens (tertiary/aromatic N) is 2. The van der Waals surface area contributed by atoms with Crippen molar-refractivity contribution in [1.82, 2.24) is 9.38 Å². The van der Waals surface area contributed by atoms with Gasteiger partial charge in [-0.1, -0.05) is 6.07 Å². The summed E-state index contributed by atoms with van der Waals surface area (Å²) in [4.78, 5) is 16.1. The maximum atomic E-state index is 11.2. The van der Waals surface area contributed by atoms with Gasteiger partial charge in [0.1, 0.15) is 11.3 Å². The Balaban J connectivity index is 2.41. The van der Waals surface area contributed by atoms with Crippen molar-refractivity contribution in [3.8, 4) is 16.5 Å². The van der Waals surface area contributed by atoms with Crippen LogP contribution in [0, 0.1) is 0 Å². The molecule has 0 atom stereocenters. The Morgan fingerprint density at radius 1 is 1.33 bits per heavy atom. The minimum Gasteiger partial charge on any atom is -0.506 e. The molecule has 0 saturated heterocycles. The number of imidazole rings is 1. The lowest BCUT2D eigenvalue weighted by atomic mass is 10.3. The SMILES string of the molecule is O=C(O)c1nc(-c2cccs2)n2cccc(O)c12. The minimum atomic E-state index is -1.16. The van der Waals surface area contributed by atoms with Crippen molar-refractivity contribution in [2.24, 2.45) is 0 Å². The highest BCUT2D eigenvalue weighted by Crippen LogP contribution is 2.30. The topological polar surface area (TPSA) is 74.8 Å². The molecule has 3 aromatic heterocycles. The van der Waals surface area contributed by atoms with Gasteiger partial charge in [0, 0.05) is 6.20 Å². The number of carboxylic acids is 1. The summed E-state index contributed by atoms with van der Waals surface area (Å²) in [7, 11) is 0. The normalized spacial score (nSPS) is 10.9. The molecular weight excluding hydrogens is 252 g/mol. The van der Waals surface area contributed by atoms with E-state index in [1.807, 2.05) is 17.5 Å². The zero-order valence-corrected chi connectivity index (χ0v) is 9.89. The number of hydrogen-bond acceptors (Lipinski definition) is 4. The highest BCUT2D eigenvalue weighted by Gasteiger charge is 2.20. The number of rotatable bonds is 2. The number of thiophene rings is 1. The molecule has 3 rings (SSSR count). The molecule has 0 aromatic carbocycles. The second-order valence-electron chi connectivity index (χ2n) is 3.68. The van der Waals surface area contributed by atoms with Crippen molar-refractivity contribution >= 4 is 22.8 Å². The molecule has 0 bridgehead atoms. The molecule has 3 heterocycles. The van der Waals surface area contributed by atoms with Crippen molar-refractivity contribution in [2.75, 3.05) is 0 Å². The van der Waals surface area contributed by atoms with Crippen LogP contribution in [-0.4, -0.2) is 25.6 Å². The van der Waals surface area contributed by atoms with Gasteiger partial charge in [0.2, 0.25) is 0 Å². The van der Waals surface area contributed by atoms with Gasteiger partial charge >= 0.3 is 5.97 Å². The molecule has 0 amide bonds. The van der Waals surface area contributed by atoms with Crippen LogP contribution in [0.5, 0.6) is 5.75 Å². The molecule has 6 heteroatoms. The first-order valence-corrected chi connectivity index (χ1v) is 6.03. The van der Waals surface area contributed by atoms with E-state index in [9.17, 15) is 9.90 Å². The maximum Gasteiger partial charge on any atom is 0.356 e. The van der Waals surface area contributed by atoms with E-state index in [2.05, 4.69) is 4.98 Å². The van der Waals surface area contributed by atoms with E-state index in [-0.39, 0.29) is 17.0 Å². The first-order chi connectivity index (χ1) is 8.68. The summed E-state index contributed by atoms with van der Waals surface area (Å²) in [6, 6.07) is 6.81. The van der Waals surface area contributed by atoms with E-state index in [4.69, 9.17) is 5.11 Å². The first-order valence-electron chi connectivity index (χ1n) is 5.15. The predicted octanol–water partition coefficient (Wildman–Crippen LogP) is 2.47. The number of hydrogen-bond donors (Lipinski definition) is 2. The Bertz CT molecular complexity index is 731. The van der Waals surface area contributed by atoms with Gasteiger partial charge in [0.25, 0.3) is 0 Å². The largest absolute Gasteiger partial charge is 0.506 e. The summed E-state index contributed by atoms with van der Waals surface area (Å²) < 4.78 is 1.59. The average Bonchev–Trinajstić information content (AvgIpc) is 2.95. The van der Waals surface area contributed by atoms with Crippen LogP contribution < -0.4 is 0 Å². The predicted molar refractivity (Wildman–Crippen MR) is 67.1 cm³/mol. The number of carboxylic acid groups (broad SMARTS) is 1. The third-order valence-electron chi connectivity index (χ3n) is 2.59. The molecule has 0 saturated carbocycles. The lowest BCUT2D eigenvalue weighted by Crippen LogP contribution is -1.97. The monoisotopic (exact) mass is 260 g/mol. The number of carbonyl (C=O) groups is 1. The highest BCUT2D eigenvalue weighted by molar-refractivity contribution is 7.13. The molecule has 0 fully saturated rings. The molecule has 2 N–H and O–H groups in total. The van der Waals surface area contributed by atoms with Crippen molar-refractivity contribution in [3.63, 3.8) is 0 Å². The lowest BCUT2D eigenvalue weighted by Gasteiger charge is -1.99. The quantitative estimate of drug-likeness (QED) is 0.742. The Labute approximate surface area is 106 Å². The zero-order chi connectivity index (χ0) is 12.7. The summed E-state index contributed by atoms with van der Waals surface area (Å²) in [6.45, 7) is 0. The van der Waals surface area contributed by atoms with Crippen LogP contribution in [0.4, 0.5) is 0 Å². The molecule has 0 aliphatic carbocycles. The molecule has 0 unspecified atom stereocenters. The van der Waals surface area contributed by atoms with Gasteiger partial charge in [-0.2, -0.15) is 0 Å². The van der Waals surface area contributed by atoms with Gasteiger partial charge in [0.15, 0.2) is 11.5 Å². The van der Waals surface area contributed by atoms with Gasteiger partial charge in [-0.25, -0.2) is 9.78 Å². The third-order valence-corrected chi connectivity index (χ3v) is 3.45. The number of fused-ring (bicyclic) bond motifs is 1. The van der Waals surface area contributed by atoms with E-state index in [1.54, 1.807) is 16.7 Å². The van der Waals surface area contributed by atoms with E-state index >= 15 is 0 Å². The van der Waals surface area contributed by atoms with Crippen molar-refractivity contribution in [2.45, 2.75) is 0 Å². The van der Waals surface area contributed by atoms with Gasteiger partial charge in [-0.3, -0.25) is 4.40 Å². The average molecular weight is 260 g/mol. The molecule has 0 spiro atoms. The Morgan fingerprint density at radius 2 is 2.17 bits per heavy atom. The Hall–Kier alpha value is -2.34. The molecule has 90 valence electrons. The molecule has 0 aliphatic heterocycles. The van der Waals surface area contributed by atoms with Gasteiger partial charge in [0.05, 0.1) is 4.88 Å². The van der Waals surface area contributed by atoms with E-state index in [1.165, 1.54) is 17.4 Å². The summed E-state index contributed by atoms with van der Waals surface area (Å²) in [6.07, 6.45) is 1.68. The van der Waals surface area contributed by atoms with Gasteiger partial charge in [-0.05, 0) is 23.6 Å². The molecule has 0 aliphatic rings. The first kappa shape index (κ1) is 10.8. The summed E-state index contributed by atoms with van der Waals surface area (Å²) in [5.41, 5.74) is 0.0740. The summed E-state index contributed by atoms with van der Waals surface area (Å²) >= 11 is 1.46. The molecule has 18 heavy (non-hydrogen) atoms. The van der Waals surface area contributed by atoms with E-state index in [0.717, 1.165) is 4.88 Å². The molecular formula is C12H8N2O3S. The van der Waals surface area contributed by atoms with Gasteiger partial charge < -0.3 is 10.2 Å². The van der Waals surface area contributed by atoms with Crippen LogP contribution >= 0.6 is 11.3 Å². The van der Waals surface area contributed by atoms with Crippen LogP contribution in [-0.2, 0) is 0 Å². The van der Waals surface area contributed by atoms with Gasteiger partial charge in [-0.15, -0.1) is 11.3 Å². The fourth-order valence-electron chi connectivity index (χ4n) is 1.85. The second-order valence-corrected chi connectivity index (χ2v) is 4.63. The smallest absolute Gasteiger partial charge is 0.356 e. The van der Waals surface area contributed by atoms with Crippen molar-refractivity contribution in [3.05, 3.63) is 41.5 Å². The number of aromatic carboxylic acids is 1. The zero-order valence-electron chi connectivity index (χ0n) is 9.07. The minimum absolute atomic E-state index is 0.0924. The van der Waals surface area contributed by atoms with Crippen LogP contribution in [0.25, 0.3) is 16.2 Å². The number of pyridine rings is 1. The third kappa shape index (κ3) is 1.46. The van der Waals surface area contributed by atoms with Crippen LogP contribution in [0.1, 0.15) is 10.5 Å². The molecule has 3 aromatic rings. The highest BCUT2D eigenvalue weighted by atomic mass is 32.1. The molecule has 0 radical (unpaired) electrons. The van der Waals surface area contributed by atoms with Crippen molar-refractivity contribution < 1.29 is 15.0 Å². The fraction of sp³-hybridized carbons (Fsp3) is 0. The van der Waals surface area contributed by atoms with E-state index in [0.29, 0.717) is 5.82 Å². The molecule has 5 nitrogen and oxygen atoms in total. The summed E-state index contributed by atoms with van der Waals surface area (Å²) in [5, 5.41) is 20.8. The van der Waals surface area contributed by atoms with Crippen LogP contribution in [0.2, 0.25) is 0 Å². The van der Waals surface area contributed by atoms with E-state index < -0.39 is 5.97 Å². The Morgan fingerprint density at radius 3 is 2.83 bits per heavy atom. The van der Waals surface area contributed by atoms with Crippen LogP contribution in [0.15, 0.2) is 35.8 Å². The fourth-order valence-corrected chi connectivity index (χ4v) is 2.56. The maximum absolute atomic E-state index is 11.2. The standard InChI is InChI=1S/C12H8N2O3S/c15-7-3-1-5-14-10(7)9(12(16)17)13-11(14)8-4-2-6-18-8/h1-6,15H,(H,16,17). The summed E-state index contributed by atoms with van der Waals surface area (Å²) in [5.74, 6) is -0.727. The van der Waals surface area contributed by atoms with Crippen LogP contribution in [0.3, 0.4) is 0 Å². The number of aromatic nitrogens is 2. The van der Waals surface area contributed by atoms with Crippen molar-refractivity contribution in [1.29, 1.82) is 0 Å².